The summed E-state index contributed by atoms with van der Waals surface area (Å²) in [5, 5.41) is 10.4. The third-order valence-electron chi connectivity index (χ3n) is 4.29. The maximum Gasteiger partial charge on any atom is 0.240 e. The molecule has 0 radical (unpaired) electrons. The summed E-state index contributed by atoms with van der Waals surface area (Å²) in [6.45, 7) is 1.27. The van der Waals surface area contributed by atoms with Crippen molar-refractivity contribution >= 4 is 30.7 Å². The standard InChI is InChI=1S/C16H29N5O2.2ClH/c1-17-11-8-13(22)19-16(9-6-4-5-7-10-16)15-18-14(23-20-15)12-21(2)3;;/h17H,4-12H2,1-3H3,(H,19,22);2*1H. The minimum absolute atomic E-state index is 0. The molecule has 7 nitrogen and oxygen atoms in total. The molecule has 146 valence electrons. The van der Waals surface area contributed by atoms with Crippen molar-refractivity contribution < 1.29 is 9.32 Å². The Morgan fingerprint density at radius 2 is 1.84 bits per heavy atom. The first-order valence-electron chi connectivity index (χ1n) is 8.49. The van der Waals surface area contributed by atoms with Crippen molar-refractivity contribution in [2.75, 3.05) is 27.7 Å². The first-order valence-corrected chi connectivity index (χ1v) is 8.49. The minimum Gasteiger partial charge on any atom is -0.343 e. The second-order valence-electron chi connectivity index (χ2n) is 6.65. The lowest BCUT2D eigenvalue weighted by atomic mass is 9.89. The van der Waals surface area contributed by atoms with Crippen LogP contribution in [0.15, 0.2) is 4.52 Å². The average molecular weight is 396 g/mol. The van der Waals surface area contributed by atoms with Crippen molar-refractivity contribution in [3.05, 3.63) is 11.7 Å². The summed E-state index contributed by atoms with van der Waals surface area (Å²) in [4.78, 5) is 18.9. The first-order chi connectivity index (χ1) is 11.1. The molecular formula is C16H31Cl2N5O2. The molecule has 1 amide bonds. The van der Waals surface area contributed by atoms with Gasteiger partial charge in [-0.15, -0.1) is 24.8 Å². The number of nitrogens with zero attached hydrogens (tertiary/aromatic N) is 3. The molecule has 0 bridgehead atoms. The Balaban J connectivity index is 0.00000288. The Morgan fingerprint density at radius 3 is 2.40 bits per heavy atom. The lowest BCUT2D eigenvalue weighted by Crippen LogP contribution is -2.47. The van der Waals surface area contributed by atoms with Crippen molar-refractivity contribution in [2.24, 2.45) is 0 Å². The average Bonchev–Trinajstić information content (AvgIpc) is 2.84. The van der Waals surface area contributed by atoms with Crippen LogP contribution in [-0.2, 0) is 16.9 Å². The van der Waals surface area contributed by atoms with Gasteiger partial charge >= 0.3 is 0 Å². The van der Waals surface area contributed by atoms with E-state index in [0.29, 0.717) is 31.2 Å². The van der Waals surface area contributed by atoms with E-state index in [9.17, 15) is 4.79 Å². The number of aromatic nitrogens is 2. The number of carbonyl (C=O) groups excluding carboxylic acids is 1. The molecule has 2 rings (SSSR count). The van der Waals surface area contributed by atoms with Gasteiger partial charge in [0.05, 0.1) is 6.54 Å². The molecule has 1 aliphatic rings. The summed E-state index contributed by atoms with van der Waals surface area (Å²) in [6.07, 6.45) is 6.74. The summed E-state index contributed by atoms with van der Waals surface area (Å²) < 4.78 is 5.39. The van der Waals surface area contributed by atoms with Crippen LogP contribution in [0.2, 0.25) is 0 Å². The van der Waals surface area contributed by atoms with Gasteiger partial charge in [-0.05, 0) is 34.0 Å². The van der Waals surface area contributed by atoms with E-state index >= 15 is 0 Å². The Kier molecular flexibility index (Phi) is 11.3. The van der Waals surface area contributed by atoms with Gasteiger partial charge in [0.25, 0.3) is 0 Å². The summed E-state index contributed by atoms with van der Waals surface area (Å²) in [7, 11) is 5.77. The van der Waals surface area contributed by atoms with Crippen molar-refractivity contribution in [1.82, 2.24) is 25.7 Å². The van der Waals surface area contributed by atoms with Gasteiger partial charge in [-0.2, -0.15) is 4.98 Å². The van der Waals surface area contributed by atoms with Crippen LogP contribution in [-0.4, -0.2) is 48.6 Å². The maximum atomic E-state index is 12.3. The molecule has 0 unspecified atom stereocenters. The predicted octanol–water partition coefficient (Wildman–Crippen LogP) is 2.25. The molecule has 0 aromatic carbocycles. The van der Waals surface area contributed by atoms with Gasteiger partial charge in [0, 0.05) is 13.0 Å². The number of halogens is 2. The molecule has 9 heteroatoms. The van der Waals surface area contributed by atoms with E-state index in [-0.39, 0.29) is 30.7 Å². The highest BCUT2D eigenvalue weighted by molar-refractivity contribution is 5.85. The summed E-state index contributed by atoms with van der Waals surface area (Å²) in [5.74, 6) is 1.27. The van der Waals surface area contributed by atoms with Crippen molar-refractivity contribution in [2.45, 2.75) is 57.0 Å². The number of hydrogen-bond donors (Lipinski definition) is 2. The summed E-state index contributed by atoms with van der Waals surface area (Å²) in [5.41, 5.74) is -0.477. The SMILES string of the molecule is CNCCC(=O)NC1(c2noc(CN(C)C)n2)CCCCCC1.Cl.Cl. The lowest BCUT2D eigenvalue weighted by Gasteiger charge is -2.30. The normalized spacial score (nSPS) is 16.5. The van der Waals surface area contributed by atoms with E-state index < -0.39 is 5.54 Å². The predicted molar refractivity (Wildman–Crippen MR) is 102 cm³/mol. The van der Waals surface area contributed by atoms with Gasteiger partial charge in [0.2, 0.25) is 11.8 Å². The second-order valence-corrected chi connectivity index (χ2v) is 6.65. The van der Waals surface area contributed by atoms with E-state index in [1.165, 1.54) is 12.8 Å². The largest absolute Gasteiger partial charge is 0.343 e. The molecular weight excluding hydrogens is 365 g/mol. The number of hydrogen-bond acceptors (Lipinski definition) is 6. The van der Waals surface area contributed by atoms with E-state index in [4.69, 9.17) is 4.52 Å². The van der Waals surface area contributed by atoms with E-state index in [2.05, 4.69) is 20.8 Å². The van der Waals surface area contributed by atoms with Crippen LogP contribution in [0.3, 0.4) is 0 Å². The number of amides is 1. The summed E-state index contributed by atoms with van der Waals surface area (Å²) >= 11 is 0. The zero-order chi connectivity index (χ0) is 16.7. The quantitative estimate of drug-likeness (QED) is 0.688. The van der Waals surface area contributed by atoms with Gasteiger partial charge < -0.3 is 20.1 Å². The highest BCUT2D eigenvalue weighted by Gasteiger charge is 2.38. The molecule has 0 saturated heterocycles. The number of rotatable bonds is 7. The number of carbonyl (C=O) groups is 1. The van der Waals surface area contributed by atoms with Gasteiger partial charge in [-0.25, -0.2) is 0 Å². The molecule has 0 atom stereocenters. The van der Waals surface area contributed by atoms with Crippen LogP contribution in [0.4, 0.5) is 0 Å². The Labute approximate surface area is 162 Å². The van der Waals surface area contributed by atoms with Crippen LogP contribution >= 0.6 is 24.8 Å². The highest BCUT2D eigenvalue weighted by atomic mass is 35.5. The second kappa shape index (κ2) is 11.7. The molecule has 0 spiro atoms. The lowest BCUT2D eigenvalue weighted by molar-refractivity contribution is -0.123. The van der Waals surface area contributed by atoms with E-state index in [0.717, 1.165) is 25.7 Å². The Morgan fingerprint density at radius 1 is 1.20 bits per heavy atom. The van der Waals surface area contributed by atoms with Crippen LogP contribution in [0.5, 0.6) is 0 Å². The van der Waals surface area contributed by atoms with Gasteiger partial charge in [-0.3, -0.25) is 4.79 Å². The van der Waals surface area contributed by atoms with Crippen molar-refractivity contribution in [1.29, 1.82) is 0 Å². The smallest absolute Gasteiger partial charge is 0.240 e. The van der Waals surface area contributed by atoms with Crippen molar-refractivity contribution in [3.8, 4) is 0 Å². The van der Waals surface area contributed by atoms with E-state index in [1.54, 1.807) is 0 Å². The Hall–Kier alpha value is -0.890. The van der Waals surface area contributed by atoms with Gasteiger partial charge in [0.15, 0.2) is 5.82 Å². The summed E-state index contributed by atoms with van der Waals surface area (Å²) in [6, 6.07) is 0. The zero-order valence-corrected chi connectivity index (χ0v) is 17.0. The van der Waals surface area contributed by atoms with Gasteiger partial charge in [-0.1, -0.05) is 30.8 Å². The number of nitrogens with one attached hydrogen (secondary N) is 2. The van der Waals surface area contributed by atoms with Crippen LogP contribution in [0.25, 0.3) is 0 Å². The molecule has 1 heterocycles. The third kappa shape index (κ3) is 7.09. The highest BCUT2D eigenvalue weighted by Crippen LogP contribution is 2.34. The fourth-order valence-electron chi connectivity index (χ4n) is 3.09. The van der Waals surface area contributed by atoms with Gasteiger partial charge in [0.1, 0.15) is 5.54 Å². The monoisotopic (exact) mass is 395 g/mol. The third-order valence-corrected chi connectivity index (χ3v) is 4.29. The van der Waals surface area contributed by atoms with Crippen molar-refractivity contribution in [3.63, 3.8) is 0 Å². The fraction of sp³-hybridized carbons (Fsp3) is 0.812. The topological polar surface area (TPSA) is 83.3 Å². The molecule has 2 N–H and O–H groups in total. The molecule has 1 aliphatic carbocycles. The molecule has 1 saturated carbocycles. The maximum absolute atomic E-state index is 12.3. The minimum atomic E-state index is -0.477. The van der Waals surface area contributed by atoms with Crippen LogP contribution in [0.1, 0.15) is 56.7 Å². The zero-order valence-electron chi connectivity index (χ0n) is 15.3. The first kappa shape index (κ1) is 24.1. The molecule has 1 aromatic rings. The fourth-order valence-corrected chi connectivity index (χ4v) is 3.09. The molecule has 25 heavy (non-hydrogen) atoms. The van der Waals surface area contributed by atoms with Crippen LogP contribution in [0, 0.1) is 0 Å². The van der Waals surface area contributed by atoms with Crippen LogP contribution < -0.4 is 10.6 Å². The van der Waals surface area contributed by atoms with E-state index in [1.807, 2.05) is 26.0 Å². The Bertz CT molecular complexity index is 502. The molecule has 1 aromatic heterocycles. The molecule has 0 aliphatic heterocycles. The molecule has 1 fully saturated rings.